The van der Waals surface area contributed by atoms with E-state index >= 15 is 0 Å². The van der Waals surface area contributed by atoms with Crippen molar-refractivity contribution in [3.05, 3.63) is 24.3 Å². The molecule has 1 aromatic carbocycles. The molecule has 2 amide bonds. The number of amides is 2. The van der Waals surface area contributed by atoms with Crippen molar-refractivity contribution in [1.29, 1.82) is 0 Å². The highest BCUT2D eigenvalue weighted by molar-refractivity contribution is 5.95. The molecule has 3 rings (SSSR count). The van der Waals surface area contributed by atoms with Gasteiger partial charge in [0.1, 0.15) is 0 Å². The topological polar surface area (TPSA) is 52.7 Å². The Kier molecular flexibility index (Phi) is 4.61. The van der Waals surface area contributed by atoms with Crippen LogP contribution < -0.4 is 10.2 Å². The SMILES string of the molecule is O=C(CNc1ccc(N2CCCC2=O)cc1)N1CCCCC1. The number of nitrogens with one attached hydrogen (secondary N) is 1. The van der Waals surface area contributed by atoms with Gasteiger partial charge < -0.3 is 15.1 Å². The average molecular weight is 301 g/mol. The summed E-state index contributed by atoms with van der Waals surface area (Å²) in [7, 11) is 0. The summed E-state index contributed by atoms with van der Waals surface area (Å²) in [4.78, 5) is 27.6. The largest absolute Gasteiger partial charge is 0.376 e. The van der Waals surface area contributed by atoms with Crippen LogP contribution >= 0.6 is 0 Å². The molecule has 5 heteroatoms. The lowest BCUT2D eigenvalue weighted by atomic mass is 10.1. The first-order valence-electron chi connectivity index (χ1n) is 8.16. The van der Waals surface area contributed by atoms with Gasteiger partial charge in [-0.15, -0.1) is 0 Å². The van der Waals surface area contributed by atoms with E-state index in [9.17, 15) is 9.59 Å². The summed E-state index contributed by atoms with van der Waals surface area (Å²) in [5.41, 5.74) is 1.86. The van der Waals surface area contributed by atoms with E-state index in [1.54, 1.807) is 0 Å². The highest BCUT2D eigenvalue weighted by Gasteiger charge is 2.21. The first-order valence-corrected chi connectivity index (χ1v) is 8.16. The fourth-order valence-corrected chi connectivity index (χ4v) is 3.11. The summed E-state index contributed by atoms with van der Waals surface area (Å²) < 4.78 is 0. The quantitative estimate of drug-likeness (QED) is 0.928. The lowest BCUT2D eigenvalue weighted by molar-refractivity contribution is -0.130. The molecule has 2 aliphatic heterocycles. The predicted molar refractivity (Wildman–Crippen MR) is 86.9 cm³/mol. The van der Waals surface area contributed by atoms with E-state index in [2.05, 4.69) is 5.32 Å². The number of likely N-dealkylation sites (tertiary alicyclic amines) is 1. The summed E-state index contributed by atoms with van der Waals surface area (Å²) in [5.74, 6) is 0.361. The van der Waals surface area contributed by atoms with Crippen LogP contribution in [0.2, 0.25) is 0 Å². The highest BCUT2D eigenvalue weighted by atomic mass is 16.2. The minimum Gasteiger partial charge on any atom is -0.376 e. The van der Waals surface area contributed by atoms with Crippen LogP contribution in [-0.4, -0.2) is 42.9 Å². The van der Waals surface area contributed by atoms with Crippen molar-refractivity contribution in [3.63, 3.8) is 0 Å². The van der Waals surface area contributed by atoms with E-state index in [1.165, 1.54) is 6.42 Å². The number of benzene rings is 1. The Hall–Kier alpha value is -2.04. The Labute approximate surface area is 131 Å². The van der Waals surface area contributed by atoms with Crippen LogP contribution in [0.15, 0.2) is 24.3 Å². The molecule has 0 radical (unpaired) electrons. The monoisotopic (exact) mass is 301 g/mol. The van der Waals surface area contributed by atoms with Gasteiger partial charge in [-0.05, 0) is 49.9 Å². The molecular formula is C17H23N3O2. The molecule has 2 heterocycles. The molecule has 0 aliphatic carbocycles. The summed E-state index contributed by atoms with van der Waals surface area (Å²) >= 11 is 0. The Morgan fingerprint density at radius 1 is 1.00 bits per heavy atom. The van der Waals surface area contributed by atoms with Gasteiger partial charge in [0.15, 0.2) is 0 Å². The van der Waals surface area contributed by atoms with Gasteiger partial charge in [0.2, 0.25) is 11.8 Å². The number of carbonyl (C=O) groups is 2. The van der Waals surface area contributed by atoms with Gasteiger partial charge in [0, 0.05) is 37.4 Å². The number of piperidine rings is 1. The number of anilines is 2. The third-order valence-electron chi connectivity index (χ3n) is 4.40. The lowest BCUT2D eigenvalue weighted by Crippen LogP contribution is -2.39. The molecule has 2 aliphatic rings. The normalized spacial score (nSPS) is 18.6. The van der Waals surface area contributed by atoms with E-state index in [0.717, 1.165) is 50.3 Å². The first-order chi connectivity index (χ1) is 10.7. The summed E-state index contributed by atoms with van der Waals surface area (Å²) in [6.07, 6.45) is 5.04. The number of rotatable bonds is 4. The minimum absolute atomic E-state index is 0.165. The fourth-order valence-electron chi connectivity index (χ4n) is 3.11. The van der Waals surface area contributed by atoms with Gasteiger partial charge >= 0.3 is 0 Å². The van der Waals surface area contributed by atoms with Crippen LogP contribution in [0.5, 0.6) is 0 Å². The van der Waals surface area contributed by atoms with Crippen LogP contribution in [-0.2, 0) is 9.59 Å². The maximum Gasteiger partial charge on any atom is 0.241 e. The van der Waals surface area contributed by atoms with Crippen LogP contribution in [0.3, 0.4) is 0 Å². The van der Waals surface area contributed by atoms with Crippen molar-refractivity contribution < 1.29 is 9.59 Å². The number of carbonyl (C=O) groups excluding carboxylic acids is 2. The molecule has 22 heavy (non-hydrogen) atoms. The minimum atomic E-state index is 0.165. The van der Waals surface area contributed by atoms with Gasteiger partial charge in [-0.1, -0.05) is 0 Å². The second-order valence-electron chi connectivity index (χ2n) is 5.99. The standard InChI is InChI=1S/C17H23N3O2/c21-16-5-4-12-20(16)15-8-6-14(7-9-15)18-13-17(22)19-10-2-1-3-11-19/h6-9,18H,1-5,10-13H2. The van der Waals surface area contributed by atoms with Gasteiger partial charge in [0.25, 0.3) is 0 Å². The van der Waals surface area contributed by atoms with Crippen LogP contribution in [0.1, 0.15) is 32.1 Å². The van der Waals surface area contributed by atoms with E-state index < -0.39 is 0 Å². The Morgan fingerprint density at radius 2 is 1.73 bits per heavy atom. The number of nitrogens with zero attached hydrogens (tertiary/aromatic N) is 2. The van der Waals surface area contributed by atoms with E-state index in [1.807, 2.05) is 34.1 Å². The molecule has 0 aromatic heterocycles. The van der Waals surface area contributed by atoms with Crippen molar-refractivity contribution >= 4 is 23.2 Å². The van der Waals surface area contributed by atoms with E-state index in [0.29, 0.717) is 13.0 Å². The van der Waals surface area contributed by atoms with Crippen LogP contribution in [0.4, 0.5) is 11.4 Å². The van der Waals surface area contributed by atoms with E-state index in [-0.39, 0.29) is 11.8 Å². The third-order valence-corrected chi connectivity index (χ3v) is 4.40. The Bertz CT molecular complexity index is 535. The second-order valence-corrected chi connectivity index (χ2v) is 5.99. The highest BCUT2D eigenvalue weighted by Crippen LogP contribution is 2.23. The molecule has 0 spiro atoms. The maximum atomic E-state index is 12.1. The van der Waals surface area contributed by atoms with Crippen molar-refractivity contribution in [3.8, 4) is 0 Å². The molecule has 5 nitrogen and oxygen atoms in total. The van der Waals surface area contributed by atoms with Crippen LogP contribution in [0.25, 0.3) is 0 Å². The van der Waals surface area contributed by atoms with Crippen LogP contribution in [0, 0.1) is 0 Å². The zero-order chi connectivity index (χ0) is 15.4. The predicted octanol–water partition coefficient (Wildman–Crippen LogP) is 2.24. The third kappa shape index (κ3) is 3.40. The number of hydrogen-bond acceptors (Lipinski definition) is 3. The van der Waals surface area contributed by atoms with Gasteiger partial charge in [0.05, 0.1) is 6.54 Å². The molecule has 1 aromatic rings. The summed E-state index contributed by atoms with van der Waals surface area (Å²) in [5, 5.41) is 3.18. The zero-order valence-electron chi connectivity index (χ0n) is 12.9. The van der Waals surface area contributed by atoms with Crippen molar-refractivity contribution in [2.75, 3.05) is 36.4 Å². The molecule has 2 fully saturated rings. The van der Waals surface area contributed by atoms with Gasteiger partial charge in [-0.25, -0.2) is 0 Å². The molecule has 2 saturated heterocycles. The molecule has 0 bridgehead atoms. The lowest BCUT2D eigenvalue weighted by Gasteiger charge is -2.27. The molecule has 0 saturated carbocycles. The van der Waals surface area contributed by atoms with Crippen molar-refractivity contribution in [2.45, 2.75) is 32.1 Å². The maximum absolute atomic E-state index is 12.1. The second kappa shape index (κ2) is 6.81. The molecule has 1 N–H and O–H groups in total. The molecular weight excluding hydrogens is 278 g/mol. The van der Waals surface area contributed by atoms with E-state index in [4.69, 9.17) is 0 Å². The molecule has 118 valence electrons. The van der Waals surface area contributed by atoms with Gasteiger partial charge in [-0.3, -0.25) is 9.59 Å². The average Bonchev–Trinajstić information content (AvgIpc) is 3.00. The van der Waals surface area contributed by atoms with Crippen molar-refractivity contribution in [2.24, 2.45) is 0 Å². The number of hydrogen-bond donors (Lipinski definition) is 1. The first kappa shape index (κ1) is 14.9. The molecule has 0 unspecified atom stereocenters. The Morgan fingerprint density at radius 3 is 2.36 bits per heavy atom. The van der Waals surface area contributed by atoms with Gasteiger partial charge in [-0.2, -0.15) is 0 Å². The zero-order valence-corrected chi connectivity index (χ0v) is 12.9. The Balaban J connectivity index is 1.52. The van der Waals surface area contributed by atoms with Crippen molar-refractivity contribution in [1.82, 2.24) is 4.90 Å². The molecule has 0 atom stereocenters. The summed E-state index contributed by atoms with van der Waals surface area (Å²) in [6, 6.07) is 7.75. The fraction of sp³-hybridized carbons (Fsp3) is 0.529. The smallest absolute Gasteiger partial charge is 0.241 e. The summed E-state index contributed by atoms with van der Waals surface area (Å²) in [6.45, 7) is 2.91.